The number of pyridine rings is 1. The summed E-state index contributed by atoms with van der Waals surface area (Å²) in [5.74, 6) is 0.646. The minimum atomic E-state index is 0.568. The first-order valence-electron chi connectivity index (χ1n) is 9.46. The summed E-state index contributed by atoms with van der Waals surface area (Å²) in [6, 6.07) is 19.8. The average Bonchev–Trinajstić information content (AvgIpc) is 3.09. The third kappa shape index (κ3) is 4.91. The predicted molar refractivity (Wildman–Crippen MR) is 119 cm³/mol. The van der Waals surface area contributed by atoms with Gasteiger partial charge in [-0.15, -0.1) is 0 Å². The first-order chi connectivity index (χ1) is 14.2. The summed E-state index contributed by atoms with van der Waals surface area (Å²) in [5.41, 5.74) is 3.56. The standard InChI is InChI=1S/C23H21Cl2N3O/c24-20-9-8-17(13-21(20)25)15-28-16-18(19-5-1-2-6-22(19)28)14-26-11-12-29-23-7-3-4-10-27-23/h1-10,13,16,26H,11-12,14-15H2. The van der Waals surface area contributed by atoms with Crippen molar-refractivity contribution in [3.8, 4) is 5.88 Å². The van der Waals surface area contributed by atoms with E-state index in [2.05, 4.69) is 45.3 Å². The summed E-state index contributed by atoms with van der Waals surface area (Å²) in [4.78, 5) is 4.16. The maximum atomic E-state index is 6.18. The van der Waals surface area contributed by atoms with Crippen LogP contribution in [0.15, 0.2) is 73.1 Å². The Hall–Kier alpha value is -2.53. The number of aromatic nitrogens is 2. The number of hydrogen-bond acceptors (Lipinski definition) is 3. The lowest BCUT2D eigenvalue weighted by atomic mass is 10.2. The molecule has 29 heavy (non-hydrogen) atoms. The number of halogens is 2. The van der Waals surface area contributed by atoms with E-state index in [-0.39, 0.29) is 0 Å². The Morgan fingerprint density at radius 1 is 0.966 bits per heavy atom. The van der Waals surface area contributed by atoms with Crippen molar-refractivity contribution in [2.24, 2.45) is 0 Å². The Kier molecular flexibility index (Phi) is 6.35. The molecule has 0 saturated heterocycles. The highest BCUT2D eigenvalue weighted by Crippen LogP contribution is 2.26. The summed E-state index contributed by atoms with van der Waals surface area (Å²) in [6.45, 7) is 2.81. The van der Waals surface area contributed by atoms with Gasteiger partial charge in [0.15, 0.2) is 0 Å². The average molecular weight is 426 g/mol. The van der Waals surface area contributed by atoms with Crippen LogP contribution >= 0.6 is 23.2 Å². The third-order valence-corrected chi connectivity index (χ3v) is 5.43. The molecule has 0 atom stereocenters. The molecule has 2 aromatic carbocycles. The van der Waals surface area contributed by atoms with Crippen LogP contribution in [0, 0.1) is 0 Å². The number of para-hydroxylation sites is 1. The first-order valence-corrected chi connectivity index (χ1v) is 10.2. The quantitative estimate of drug-likeness (QED) is 0.375. The molecule has 6 heteroatoms. The number of nitrogens with zero attached hydrogens (tertiary/aromatic N) is 2. The molecule has 0 spiro atoms. The van der Waals surface area contributed by atoms with E-state index in [1.54, 1.807) is 6.20 Å². The van der Waals surface area contributed by atoms with Gasteiger partial charge in [0.25, 0.3) is 0 Å². The maximum Gasteiger partial charge on any atom is 0.213 e. The lowest BCUT2D eigenvalue weighted by Crippen LogP contribution is -2.20. The highest BCUT2D eigenvalue weighted by Gasteiger charge is 2.09. The SMILES string of the molecule is Clc1ccc(Cn2cc(CNCCOc3ccccn3)c3ccccc32)cc1Cl. The second-order valence-electron chi connectivity index (χ2n) is 6.74. The predicted octanol–water partition coefficient (Wildman–Crippen LogP) is 5.56. The van der Waals surface area contributed by atoms with Crippen LogP contribution < -0.4 is 10.1 Å². The van der Waals surface area contributed by atoms with Gasteiger partial charge in [0.1, 0.15) is 6.61 Å². The molecule has 0 aliphatic rings. The van der Waals surface area contributed by atoms with Crippen LogP contribution in [-0.4, -0.2) is 22.7 Å². The highest BCUT2D eigenvalue weighted by atomic mass is 35.5. The fourth-order valence-electron chi connectivity index (χ4n) is 3.31. The van der Waals surface area contributed by atoms with Crippen molar-refractivity contribution in [3.05, 3.63) is 94.2 Å². The number of ether oxygens (including phenoxy) is 1. The molecule has 0 saturated carbocycles. The van der Waals surface area contributed by atoms with Crippen LogP contribution in [0.5, 0.6) is 5.88 Å². The highest BCUT2D eigenvalue weighted by molar-refractivity contribution is 6.42. The molecule has 0 bridgehead atoms. The molecule has 0 aliphatic carbocycles. The molecule has 4 rings (SSSR count). The third-order valence-electron chi connectivity index (χ3n) is 4.69. The summed E-state index contributed by atoms with van der Waals surface area (Å²) in [5, 5.41) is 5.85. The van der Waals surface area contributed by atoms with Crippen molar-refractivity contribution in [1.82, 2.24) is 14.9 Å². The number of nitrogens with one attached hydrogen (secondary N) is 1. The van der Waals surface area contributed by atoms with E-state index >= 15 is 0 Å². The van der Waals surface area contributed by atoms with Crippen molar-refractivity contribution in [1.29, 1.82) is 0 Å². The molecule has 0 radical (unpaired) electrons. The van der Waals surface area contributed by atoms with Gasteiger partial charge in [0.2, 0.25) is 5.88 Å². The molecule has 148 valence electrons. The summed E-state index contributed by atoms with van der Waals surface area (Å²) in [6.07, 6.45) is 3.92. The van der Waals surface area contributed by atoms with Gasteiger partial charge in [-0.05, 0) is 35.4 Å². The topological polar surface area (TPSA) is 39.1 Å². The van der Waals surface area contributed by atoms with Crippen LogP contribution in [0.4, 0.5) is 0 Å². The molecule has 2 heterocycles. The number of benzene rings is 2. The summed E-state index contributed by atoms with van der Waals surface area (Å²) in [7, 11) is 0. The molecule has 2 aromatic heterocycles. The Balaban J connectivity index is 1.42. The van der Waals surface area contributed by atoms with Gasteiger partial charge in [0, 0.05) is 49.0 Å². The van der Waals surface area contributed by atoms with E-state index in [4.69, 9.17) is 27.9 Å². The second kappa shape index (κ2) is 9.31. The second-order valence-corrected chi connectivity index (χ2v) is 7.56. The minimum Gasteiger partial charge on any atom is -0.476 e. The summed E-state index contributed by atoms with van der Waals surface area (Å²) < 4.78 is 7.88. The summed E-state index contributed by atoms with van der Waals surface area (Å²) >= 11 is 12.2. The monoisotopic (exact) mass is 425 g/mol. The van der Waals surface area contributed by atoms with Gasteiger partial charge in [-0.3, -0.25) is 0 Å². The Morgan fingerprint density at radius 3 is 2.66 bits per heavy atom. The number of hydrogen-bond donors (Lipinski definition) is 1. The van der Waals surface area contributed by atoms with E-state index in [1.165, 1.54) is 16.5 Å². The van der Waals surface area contributed by atoms with E-state index in [9.17, 15) is 0 Å². The van der Waals surface area contributed by atoms with Crippen molar-refractivity contribution in [2.75, 3.05) is 13.2 Å². The zero-order chi connectivity index (χ0) is 20.1. The molecule has 4 aromatic rings. The van der Waals surface area contributed by atoms with Crippen LogP contribution in [0.2, 0.25) is 10.0 Å². The molecule has 1 N–H and O–H groups in total. The molecular weight excluding hydrogens is 405 g/mol. The lowest BCUT2D eigenvalue weighted by Gasteiger charge is -2.07. The molecule has 0 aliphatic heterocycles. The van der Waals surface area contributed by atoms with Crippen LogP contribution in [0.25, 0.3) is 10.9 Å². The van der Waals surface area contributed by atoms with Gasteiger partial charge >= 0.3 is 0 Å². The van der Waals surface area contributed by atoms with E-state index in [0.29, 0.717) is 22.5 Å². The van der Waals surface area contributed by atoms with Crippen LogP contribution in [0.3, 0.4) is 0 Å². The molecule has 4 nitrogen and oxygen atoms in total. The Morgan fingerprint density at radius 2 is 1.83 bits per heavy atom. The minimum absolute atomic E-state index is 0.568. The van der Waals surface area contributed by atoms with E-state index < -0.39 is 0 Å². The Bertz CT molecular complexity index is 1100. The van der Waals surface area contributed by atoms with Gasteiger partial charge in [0.05, 0.1) is 10.0 Å². The Labute approximate surface area is 180 Å². The maximum absolute atomic E-state index is 6.18. The van der Waals surface area contributed by atoms with Crippen molar-refractivity contribution >= 4 is 34.1 Å². The van der Waals surface area contributed by atoms with Crippen LogP contribution in [0.1, 0.15) is 11.1 Å². The molecular formula is C23H21Cl2N3O. The van der Waals surface area contributed by atoms with Gasteiger partial charge in [-0.1, -0.05) is 53.5 Å². The zero-order valence-corrected chi connectivity index (χ0v) is 17.3. The first kappa shape index (κ1) is 19.8. The van der Waals surface area contributed by atoms with E-state index in [1.807, 2.05) is 36.4 Å². The van der Waals surface area contributed by atoms with Gasteiger partial charge in [-0.25, -0.2) is 4.98 Å². The van der Waals surface area contributed by atoms with Gasteiger partial charge < -0.3 is 14.6 Å². The van der Waals surface area contributed by atoms with Crippen molar-refractivity contribution in [2.45, 2.75) is 13.1 Å². The number of rotatable bonds is 8. The fourth-order valence-corrected chi connectivity index (χ4v) is 3.63. The normalized spacial score (nSPS) is 11.1. The van der Waals surface area contributed by atoms with Gasteiger partial charge in [-0.2, -0.15) is 0 Å². The molecule has 0 unspecified atom stereocenters. The zero-order valence-electron chi connectivity index (χ0n) is 15.8. The van der Waals surface area contributed by atoms with Crippen LogP contribution in [-0.2, 0) is 13.1 Å². The number of fused-ring (bicyclic) bond motifs is 1. The lowest BCUT2D eigenvalue weighted by molar-refractivity contribution is 0.302. The smallest absolute Gasteiger partial charge is 0.213 e. The fraction of sp³-hybridized carbons (Fsp3) is 0.174. The molecule has 0 amide bonds. The van der Waals surface area contributed by atoms with Crippen molar-refractivity contribution < 1.29 is 4.74 Å². The largest absolute Gasteiger partial charge is 0.476 e. The molecule has 0 fully saturated rings. The van der Waals surface area contributed by atoms with Crippen molar-refractivity contribution in [3.63, 3.8) is 0 Å². The van der Waals surface area contributed by atoms with E-state index in [0.717, 1.165) is 25.2 Å².